The van der Waals surface area contributed by atoms with E-state index >= 15 is 0 Å². The molecule has 0 aliphatic carbocycles. The molecule has 0 saturated carbocycles. The Balaban J connectivity index is 1.99. The first-order valence-electron chi connectivity index (χ1n) is 6.63. The van der Waals surface area contributed by atoms with Crippen LogP contribution in [0.25, 0.3) is 17.4 Å². The van der Waals surface area contributed by atoms with E-state index in [1.54, 1.807) is 0 Å². The molecule has 0 spiro atoms. The van der Waals surface area contributed by atoms with Crippen molar-refractivity contribution in [3.05, 3.63) is 61.2 Å². The molecule has 1 aliphatic heterocycles. The zero-order chi connectivity index (χ0) is 18.1. The standard InChI is InChI=1S/C14H7N3O6S2/c18-13-12(25-14(24)15-13)6-8-2-4-11(23-8)9-3-1-7(16(19)20)5-10(9)17(21)22/h1-6H,(H,15,18,24)/b12-6-. The number of hydrogen-bond donors (Lipinski definition) is 1. The maximum atomic E-state index is 11.6. The Morgan fingerprint density at radius 3 is 2.52 bits per heavy atom. The minimum absolute atomic E-state index is 0.0966. The molecular weight excluding hydrogens is 370 g/mol. The predicted molar refractivity (Wildman–Crippen MR) is 93.8 cm³/mol. The average Bonchev–Trinajstić information content (AvgIpc) is 3.13. The summed E-state index contributed by atoms with van der Waals surface area (Å²) >= 11 is 5.96. The van der Waals surface area contributed by atoms with Crippen LogP contribution in [0.5, 0.6) is 0 Å². The van der Waals surface area contributed by atoms with E-state index in [0.717, 1.165) is 23.9 Å². The fraction of sp³-hybridized carbons (Fsp3) is 0. The fourth-order valence-electron chi connectivity index (χ4n) is 2.12. The lowest BCUT2D eigenvalue weighted by atomic mass is 10.1. The van der Waals surface area contributed by atoms with Crippen LogP contribution in [-0.4, -0.2) is 20.1 Å². The molecule has 11 heteroatoms. The van der Waals surface area contributed by atoms with Crippen molar-refractivity contribution in [1.29, 1.82) is 0 Å². The highest BCUT2D eigenvalue weighted by Gasteiger charge is 2.24. The molecule has 3 rings (SSSR count). The third kappa shape index (κ3) is 3.41. The molecule has 0 bridgehead atoms. The molecule has 0 atom stereocenters. The quantitative estimate of drug-likeness (QED) is 0.372. The summed E-state index contributed by atoms with van der Waals surface area (Å²) in [6, 6.07) is 6.29. The number of furan rings is 1. The van der Waals surface area contributed by atoms with Gasteiger partial charge in [-0.2, -0.15) is 0 Å². The molecule has 1 saturated heterocycles. The Bertz CT molecular complexity index is 965. The molecule has 1 amide bonds. The van der Waals surface area contributed by atoms with Crippen molar-refractivity contribution in [2.45, 2.75) is 0 Å². The largest absolute Gasteiger partial charge is 0.456 e. The van der Waals surface area contributed by atoms with E-state index in [1.165, 1.54) is 24.3 Å². The predicted octanol–water partition coefficient (Wildman–Crippen LogP) is 3.25. The van der Waals surface area contributed by atoms with Crippen LogP contribution in [0.2, 0.25) is 0 Å². The molecule has 2 aromatic rings. The SMILES string of the molecule is O=C1NC(=S)S/C1=C\c1ccc(-c2ccc([N+](=O)[O-])cc2[N+](=O)[O-])o1. The van der Waals surface area contributed by atoms with Crippen LogP contribution in [-0.2, 0) is 4.79 Å². The molecule has 9 nitrogen and oxygen atoms in total. The number of nitro benzene ring substituents is 2. The van der Waals surface area contributed by atoms with Gasteiger partial charge >= 0.3 is 0 Å². The van der Waals surface area contributed by atoms with Gasteiger partial charge in [-0.25, -0.2) is 0 Å². The van der Waals surface area contributed by atoms with Gasteiger partial charge in [-0.3, -0.25) is 25.0 Å². The van der Waals surface area contributed by atoms with E-state index < -0.39 is 21.2 Å². The van der Waals surface area contributed by atoms with E-state index in [1.807, 2.05) is 0 Å². The Labute approximate surface area is 149 Å². The molecule has 25 heavy (non-hydrogen) atoms. The molecule has 2 heterocycles. The van der Waals surface area contributed by atoms with E-state index in [9.17, 15) is 25.0 Å². The number of rotatable bonds is 4. The minimum Gasteiger partial charge on any atom is -0.456 e. The summed E-state index contributed by atoms with van der Waals surface area (Å²) < 4.78 is 5.85. The number of carbonyl (C=O) groups excluding carboxylic acids is 1. The highest BCUT2D eigenvalue weighted by molar-refractivity contribution is 8.26. The van der Waals surface area contributed by atoms with Crippen LogP contribution in [0.1, 0.15) is 5.76 Å². The third-order valence-electron chi connectivity index (χ3n) is 3.20. The van der Waals surface area contributed by atoms with Crippen molar-refractivity contribution in [2.24, 2.45) is 0 Å². The normalized spacial score (nSPS) is 15.4. The summed E-state index contributed by atoms with van der Waals surface area (Å²) in [5.74, 6) is 0.0960. The number of nitrogens with one attached hydrogen (secondary N) is 1. The van der Waals surface area contributed by atoms with Crippen LogP contribution in [0.3, 0.4) is 0 Å². The van der Waals surface area contributed by atoms with Gasteiger partial charge in [0, 0.05) is 12.1 Å². The zero-order valence-electron chi connectivity index (χ0n) is 12.1. The van der Waals surface area contributed by atoms with Gasteiger partial charge in [0.05, 0.1) is 26.4 Å². The number of carbonyl (C=O) groups is 1. The second kappa shape index (κ2) is 6.45. The highest BCUT2D eigenvalue weighted by Crippen LogP contribution is 2.35. The van der Waals surface area contributed by atoms with Gasteiger partial charge in [-0.05, 0) is 18.2 Å². The van der Waals surface area contributed by atoms with Gasteiger partial charge in [0.1, 0.15) is 15.8 Å². The average molecular weight is 377 g/mol. The van der Waals surface area contributed by atoms with Gasteiger partial charge in [0.15, 0.2) is 0 Å². The van der Waals surface area contributed by atoms with Gasteiger partial charge in [-0.1, -0.05) is 24.0 Å². The number of non-ortho nitro benzene ring substituents is 1. The summed E-state index contributed by atoms with van der Waals surface area (Å²) in [4.78, 5) is 32.5. The molecule has 1 aromatic carbocycles. The summed E-state index contributed by atoms with van der Waals surface area (Å²) in [5, 5.41) is 24.4. The number of thiocarbonyl (C=S) groups is 1. The Morgan fingerprint density at radius 2 is 1.92 bits per heavy atom. The lowest BCUT2D eigenvalue weighted by molar-refractivity contribution is -0.393. The van der Waals surface area contributed by atoms with Gasteiger partial charge in [-0.15, -0.1) is 0 Å². The van der Waals surface area contributed by atoms with Gasteiger partial charge in [0.2, 0.25) is 0 Å². The number of benzene rings is 1. The molecule has 1 N–H and O–H groups in total. The Hall–Kier alpha value is -3.05. The molecule has 126 valence electrons. The van der Waals surface area contributed by atoms with Crippen LogP contribution >= 0.6 is 24.0 Å². The number of amides is 1. The first-order chi connectivity index (χ1) is 11.8. The van der Waals surface area contributed by atoms with Gasteiger partial charge < -0.3 is 9.73 Å². The van der Waals surface area contributed by atoms with Crippen LogP contribution in [0, 0.1) is 20.2 Å². The molecule has 0 radical (unpaired) electrons. The molecule has 1 aliphatic rings. The molecule has 1 aromatic heterocycles. The van der Waals surface area contributed by atoms with Gasteiger partial charge in [0.25, 0.3) is 17.3 Å². The zero-order valence-corrected chi connectivity index (χ0v) is 13.8. The van der Waals surface area contributed by atoms with Crippen molar-refractivity contribution in [2.75, 3.05) is 0 Å². The summed E-state index contributed by atoms with van der Waals surface area (Å²) in [5.41, 5.74) is -0.743. The molecule has 0 unspecified atom stereocenters. The number of nitrogens with zero attached hydrogens (tertiary/aromatic N) is 2. The van der Waals surface area contributed by atoms with E-state index in [2.05, 4.69) is 5.32 Å². The lowest BCUT2D eigenvalue weighted by Crippen LogP contribution is -2.17. The van der Waals surface area contributed by atoms with E-state index in [4.69, 9.17) is 16.6 Å². The molecular formula is C14H7N3O6S2. The third-order valence-corrected chi connectivity index (χ3v) is 4.36. The van der Waals surface area contributed by atoms with Crippen LogP contribution in [0.15, 0.2) is 39.7 Å². The van der Waals surface area contributed by atoms with E-state index in [-0.39, 0.29) is 17.2 Å². The van der Waals surface area contributed by atoms with Crippen molar-refractivity contribution in [3.8, 4) is 11.3 Å². The highest BCUT2D eigenvalue weighted by atomic mass is 32.2. The molecule has 1 fully saturated rings. The van der Waals surface area contributed by atoms with Crippen molar-refractivity contribution in [1.82, 2.24) is 5.32 Å². The minimum atomic E-state index is -0.721. The monoisotopic (exact) mass is 377 g/mol. The topological polar surface area (TPSA) is 129 Å². The van der Waals surface area contributed by atoms with E-state index in [0.29, 0.717) is 15.0 Å². The van der Waals surface area contributed by atoms with Crippen LogP contribution < -0.4 is 5.32 Å². The smallest absolute Gasteiger partial charge is 0.287 e. The number of nitro groups is 2. The van der Waals surface area contributed by atoms with Crippen molar-refractivity contribution >= 4 is 51.7 Å². The van der Waals surface area contributed by atoms with Crippen molar-refractivity contribution in [3.63, 3.8) is 0 Å². The second-order valence-corrected chi connectivity index (χ2v) is 6.49. The maximum absolute atomic E-state index is 11.6. The first-order valence-corrected chi connectivity index (χ1v) is 7.85. The Kier molecular flexibility index (Phi) is 4.33. The summed E-state index contributed by atoms with van der Waals surface area (Å²) in [7, 11) is 0. The number of thioether (sulfide) groups is 1. The first kappa shape index (κ1) is 16.8. The van der Waals surface area contributed by atoms with Crippen LogP contribution in [0.4, 0.5) is 11.4 Å². The van der Waals surface area contributed by atoms with Crippen molar-refractivity contribution < 1.29 is 19.1 Å². The summed E-state index contributed by atoms with van der Waals surface area (Å²) in [6.07, 6.45) is 1.46. The summed E-state index contributed by atoms with van der Waals surface area (Å²) in [6.45, 7) is 0. The fourth-order valence-corrected chi connectivity index (χ4v) is 3.14. The second-order valence-electron chi connectivity index (χ2n) is 4.77. The number of hydrogen-bond acceptors (Lipinski definition) is 8. The maximum Gasteiger partial charge on any atom is 0.287 e. The Morgan fingerprint density at radius 1 is 1.16 bits per heavy atom. The lowest BCUT2D eigenvalue weighted by Gasteiger charge is -2.00.